The van der Waals surface area contributed by atoms with E-state index in [9.17, 15) is 9.18 Å². The van der Waals surface area contributed by atoms with E-state index in [1.807, 2.05) is 49.3 Å². The molecule has 3 aromatic rings. The Balaban J connectivity index is 1.74. The van der Waals surface area contributed by atoms with Crippen molar-refractivity contribution in [3.63, 3.8) is 0 Å². The van der Waals surface area contributed by atoms with Gasteiger partial charge < -0.3 is 14.5 Å². The van der Waals surface area contributed by atoms with Crippen LogP contribution in [-0.4, -0.2) is 38.6 Å². The predicted molar refractivity (Wildman–Crippen MR) is 97.9 cm³/mol. The molecule has 1 heterocycles. The molecule has 26 heavy (non-hydrogen) atoms. The van der Waals surface area contributed by atoms with E-state index in [0.29, 0.717) is 6.54 Å². The monoisotopic (exact) mass is 356 g/mol. The molecule has 1 atom stereocenters. The number of hydrogen-bond acceptors (Lipinski definition) is 4. The number of fused-ring (bicyclic) bond motifs is 1. The number of methoxy groups -OCH3 is 1. The number of rotatable bonds is 6. The Bertz CT molecular complexity index is 887. The third kappa shape index (κ3) is 3.70. The topological polar surface area (TPSA) is 54.7 Å². The van der Waals surface area contributed by atoms with Gasteiger partial charge in [0, 0.05) is 17.5 Å². The van der Waals surface area contributed by atoms with Gasteiger partial charge in [0.05, 0.1) is 13.2 Å². The lowest BCUT2D eigenvalue weighted by Crippen LogP contribution is -2.34. The minimum absolute atomic E-state index is 0.106. The number of carbonyl (C=O) groups is 1. The summed E-state index contributed by atoms with van der Waals surface area (Å²) in [6.45, 7) is 0.333. The van der Waals surface area contributed by atoms with Crippen molar-refractivity contribution in [1.82, 2.24) is 10.2 Å². The van der Waals surface area contributed by atoms with Crippen LogP contribution in [0.5, 0.6) is 5.75 Å². The molecule has 0 bridgehead atoms. The first-order chi connectivity index (χ1) is 12.5. The number of halogens is 1. The van der Waals surface area contributed by atoms with E-state index in [-0.39, 0.29) is 23.3 Å². The van der Waals surface area contributed by atoms with E-state index in [2.05, 4.69) is 5.32 Å². The van der Waals surface area contributed by atoms with Gasteiger partial charge >= 0.3 is 0 Å². The smallest absolute Gasteiger partial charge is 0.251 e. The van der Waals surface area contributed by atoms with Gasteiger partial charge in [0.25, 0.3) is 5.91 Å². The van der Waals surface area contributed by atoms with Crippen molar-refractivity contribution in [3.05, 3.63) is 65.7 Å². The van der Waals surface area contributed by atoms with Crippen LogP contribution in [0.1, 0.15) is 22.2 Å². The zero-order valence-electron chi connectivity index (χ0n) is 15.0. The second-order valence-electron chi connectivity index (χ2n) is 6.23. The van der Waals surface area contributed by atoms with Crippen LogP contribution in [0, 0.1) is 5.82 Å². The highest BCUT2D eigenvalue weighted by Crippen LogP contribution is 2.26. The average molecular weight is 356 g/mol. The summed E-state index contributed by atoms with van der Waals surface area (Å²) in [6, 6.07) is 13.7. The fourth-order valence-electron chi connectivity index (χ4n) is 2.80. The molecule has 1 aromatic heterocycles. The number of hydrogen-bond donors (Lipinski definition) is 1. The first kappa shape index (κ1) is 17.9. The number of benzene rings is 2. The van der Waals surface area contributed by atoms with Gasteiger partial charge in [-0.1, -0.05) is 18.2 Å². The number of amides is 1. The van der Waals surface area contributed by atoms with Gasteiger partial charge in [-0.25, -0.2) is 4.39 Å². The van der Waals surface area contributed by atoms with Crippen LogP contribution in [0.25, 0.3) is 11.0 Å². The number of likely N-dealkylation sites (N-methyl/N-ethyl adjacent to an activating group) is 1. The fourth-order valence-corrected chi connectivity index (χ4v) is 2.80. The number of nitrogens with one attached hydrogen (secondary N) is 1. The molecule has 3 rings (SSSR count). The molecule has 6 heteroatoms. The van der Waals surface area contributed by atoms with E-state index in [1.54, 1.807) is 0 Å². The molecule has 136 valence electrons. The zero-order chi connectivity index (χ0) is 18.7. The molecule has 0 unspecified atom stereocenters. The summed E-state index contributed by atoms with van der Waals surface area (Å²) >= 11 is 0. The summed E-state index contributed by atoms with van der Waals surface area (Å²) in [5, 5.41) is 3.85. The van der Waals surface area contributed by atoms with Crippen LogP contribution >= 0.6 is 0 Å². The van der Waals surface area contributed by atoms with Crippen molar-refractivity contribution in [2.24, 2.45) is 0 Å². The molecule has 0 saturated carbocycles. The minimum atomic E-state index is -0.568. The van der Waals surface area contributed by atoms with Crippen LogP contribution in [-0.2, 0) is 0 Å². The first-order valence-corrected chi connectivity index (χ1v) is 8.26. The van der Waals surface area contributed by atoms with Crippen molar-refractivity contribution >= 4 is 16.9 Å². The first-order valence-electron chi connectivity index (χ1n) is 8.26. The highest BCUT2D eigenvalue weighted by molar-refractivity contribution is 5.94. The number of carbonyl (C=O) groups excluding carboxylic acids is 1. The third-order valence-corrected chi connectivity index (χ3v) is 4.27. The molecule has 0 radical (unpaired) electrons. The van der Waals surface area contributed by atoms with E-state index in [0.717, 1.165) is 16.7 Å². The lowest BCUT2D eigenvalue weighted by molar-refractivity contribution is 0.0939. The normalized spacial score (nSPS) is 12.3. The zero-order valence-corrected chi connectivity index (χ0v) is 15.0. The summed E-state index contributed by atoms with van der Waals surface area (Å²) in [4.78, 5) is 14.3. The second kappa shape index (κ2) is 7.58. The average Bonchev–Trinajstić information content (AvgIpc) is 3.04. The minimum Gasteiger partial charge on any atom is -0.494 e. The maximum absolute atomic E-state index is 13.8. The summed E-state index contributed by atoms with van der Waals surface area (Å²) in [7, 11) is 5.21. The Hall–Kier alpha value is -2.86. The molecule has 5 nitrogen and oxygen atoms in total. The number of nitrogens with zero attached hydrogens (tertiary/aromatic N) is 1. The van der Waals surface area contributed by atoms with E-state index < -0.39 is 5.82 Å². The Morgan fingerprint density at radius 1 is 1.23 bits per heavy atom. The largest absolute Gasteiger partial charge is 0.494 e. The summed E-state index contributed by atoms with van der Waals surface area (Å²) < 4.78 is 24.6. The quantitative estimate of drug-likeness (QED) is 0.733. The third-order valence-electron chi connectivity index (χ3n) is 4.27. The molecule has 0 aliphatic rings. The van der Waals surface area contributed by atoms with Crippen LogP contribution in [0.15, 0.2) is 52.9 Å². The molecule has 0 fully saturated rings. The summed E-state index contributed by atoms with van der Waals surface area (Å²) in [5.41, 5.74) is 1.04. The van der Waals surface area contributed by atoms with Crippen LogP contribution in [0.4, 0.5) is 4.39 Å². The van der Waals surface area contributed by atoms with Gasteiger partial charge in [-0.15, -0.1) is 0 Å². The number of furan rings is 1. The van der Waals surface area contributed by atoms with Crippen LogP contribution in [0.3, 0.4) is 0 Å². The van der Waals surface area contributed by atoms with Crippen molar-refractivity contribution in [3.8, 4) is 5.75 Å². The molecular formula is C20H21FN2O3. The van der Waals surface area contributed by atoms with Crippen molar-refractivity contribution < 1.29 is 18.3 Å². The van der Waals surface area contributed by atoms with Gasteiger partial charge in [-0.05, 0) is 44.4 Å². The highest BCUT2D eigenvalue weighted by Gasteiger charge is 2.20. The fraction of sp³-hybridized carbons (Fsp3) is 0.250. The molecule has 0 aliphatic carbocycles. The summed E-state index contributed by atoms with van der Waals surface area (Å²) in [6.07, 6.45) is 0. The lowest BCUT2D eigenvalue weighted by Gasteiger charge is -2.22. The summed E-state index contributed by atoms with van der Waals surface area (Å²) in [5.74, 6) is -0.0523. The molecule has 0 saturated heterocycles. The molecule has 1 N–H and O–H groups in total. The number of para-hydroxylation sites is 1. The Morgan fingerprint density at radius 2 is 2.00 bits per heavy atom. The molecule has 2 aromatic carbocycles. The van der Waals surface area contributed by atoms with E-state index in [1.165, 1.54) is 25.3 Å². The molecule has 0 aliphatic heterocycles. The predicted octanol–water partition coefficient (Wildman–Crippen LogP) is 3.61. The van der Waals surface area contributed by atoms with Crippen LogP contribution in [0.2, 0.25) is 0 Å². The second-order valence-corrected chi connectivity index (χ2v) is 6.23. The Labute approximate surface area is 151 Å². The lowest BCUT2D eigenvalue weighted by atomic mass is 10.1. The Kier molecular flexibility index (Phi) is 5.23. The van der Waals surface area contributed by atoms with E-state index in [4.69, 9.17) is 9.15 Å². The van der Waals surface area contributed by atoms with Crippen molar-refractivity contribution in [1.29, 1.82) is 0 Å². The maximum Gasteiger partial charge on any atom is 0.251 e. The van der Waals surface area contributed by atoms with Gasteiger partial charge in [-0.3, -0.25) is 9.69 Å². The van der Waals surface area contributed by atoms with Crippen molar-refractivity contribution in [2.75, 3.05) is 27.7 Å². The van der Waals surface area contributed by atoms with Crippen molar-refractivity contribution in [2.45, 2.75) is 6.04 Å². The molecule has 0 spiro atoms. The van der Waals surface area contributed by atoms with Crippen LogP contribution < -0.4 is 10.1 Å². The number of ether oxygens (including phenoxy) is 1. The van der Waals surface area contributed by atoms with Gasteiger partial charge in [0.15, 0.2) is 11.6 Å². The van der Waals surface area contributed by atoms with Gasteiger partial charge in [0.2, 0.25) is 0 Å². The van der Waals surface area contributed by atoms with E-state index >= 15 is 0 Å². The van der Waals surface area contributed by atoms with Gasteiger partial charge in [-0.2, -0.15) is 0 Å². The maximum atomic E-state index is 13.8. The Morgan fingerprint density at radius 3 is 2.65 bits per heavy atom. The molecule has 1 amide bonds. The molecular weight excluding hydrogens is 335 g/mol. The van der Waals surface area contributed by atoms with Gasteiger partial charge in [0.1, 0.15) is 11.3 Å². The SMILES string of the molecule is COc1ccc(C(=O)NC[C@@H](c2cc3ccccc3o2)N(C)C)cc1F. The standard InChI is InChI=1S/C20H21FN2O3/c1-23(2)16(19-11-13-6-4-5-7-17(13)26-19)12-22-20(24)14-8-9-18(25-3)15(21)10-14/h4-11,16H,12H2,1-3H3,(H,22,24)/t16-/m0/s1. The highest BCUT2D eigenvalue weighted by atomic mass is 19.1.